The molecule has 0 aliphatic rings. The molecule has 5 nitrogen and oxygen atoms in total. The van der Waals surface area contributed by atoms with E-state index in [4.69, 9.17) is 0 Å². The largest absolute Gasteiger partial charge is 0.324 e. The number of aryl methyl sites for hydroxylation is 1. The maximum Gasteiger partial charge on any atom is 0.257 e. The van der Waals surface area contributed by atoms with Gasteiger partial charge in [-0.05, 0) is 49.7 Å². The van der Waals surface area contributed by atoms with Crippen molar-refractivity contribution < 1.29 is 18.4 Å². The van der Waals surface area contributed by atoms with Gasteiger partial charge in [-0.3, -0.25) is 9.59 Å². The summed E-state index contributed by atoms with van der Waals surface area (Å²) >= 11 is 0. The number of nitrogens with one attached hydrogen (secondary N) is 3. The lowest BCUT2D eigenvalue weighted by Crippen LogP contribution is -2.31. The van der Waals surface area contributed by atoms with Crippen molar-refractivity contribution in [2.24, 2.45) is 0 Å². The third-order valence-electron chi connectivity index (χ3n) is 4.72. The van der Waals surface area contributed by atoms with Crippen molar-refractivity contribution in [3.8, 4) is 0 Å². The molecule has 1 unspecified atom stereocenters. The zero-order chi connectivity index (χ0) is 22.4. The van der Waals surface area contributed by atoms with Gasteiger partial charge in [-0.15, -0.1) is 0 Å². The highest BCUT2D eigenvalue weighted by Gasteiger charge is 2.16. The predicted octanol–water partition coefficient (Wildman–Crippen LogP) is 4.81. The summed E-state index contributed by atoms with van der Waals surface area (Å²) in [5, 5.41) is 8.42. The van der Waals surface area contributed by atoms with Crippen molar-refractivity contribution in [2.45, 2.75) is 19.9 Å². The van der Waals surface area contributed by atoms with Gasteiger partial charge in [0.1, 0.15) is 11.6 Å². The Morgan fingerprint density at radius 3 is 2.45 bits per heavy atom. The Hall–Kier alpha value is -3.58. The summed E-state index contributed by atoms with van der Waals surface area (Å²) in [5.74, 6) is -2.09. The minimum absolute atomic E-state index is 0.119. The molecule has 0 spiro atoms. The SMILES string of the molecule is Cc1cccc(NC(=O)c2ccccc2NC(=O)CNC(C)c2ccc(F)cc2F)c1. The van der Waals surface area contributed by atoms with Crippen molar-refractivity contribution in [3.05, 3.63) is 95.1 Å². The number of rotatable bonds is 7. The Balaban J connectivity index is 1.63. The second kappa shape index (κ2) is 9.95. The summed E-state index contributed by atoms with van der Waals surface area (Å²) in [7, 11) is 0. The molecule has 3 aromatic rings. The number of carbonyl (C=O) groups excluding carboxylic acids is 2. The molecule has 0 heterocycles. The van der Waals surface area contributed by atoms with E-state index in [1.807, 2.05) is 25.1 Å². The lowest BCUT2D eigenvalue weighted by molar-refractivity contribution is -0.115. The first-order valence-corrected chi connectivity index (χ1v) is 9.78. The van der Waals surface area contributed by atoms with E-state index in [1.54, 1.807) is 37.3 Å². The van der Waals surface area contributed by atoms with Gasteiger partial charge in [0.2, 0.25) is 5.91 Å². The fraction of sp³-hybridized carbons (Fsp3) is 0.167. The van der Waals surface area contributed by atoms with Crippen LogP contribution in [-0.4, -0.2) is 18.4 Å². The first-order valence-electron chi connectivity index (χ1n) is 9.78. The van der Waals surface area contributed by atoms with E-state index in [9.17, 15) is 18.4 Å². The minimum atomic E-state index is -0.682. The zero-order valence-electron chi connectivity index (χ0n) is 17.2. The predicted molar refractivity (Wildman–Crippen MR) is 117 cm³/mol. The molecule has 1 atom stereocenters. The van der Waals surface area contributed by atoms with Gasteiger partial charge >= 0.3 is 0 Å². The fourth-order valence-electron chi connectivity index (χ4n) is 3.11. The van der Waals surface area contributed by atoms with Crippen LogP contribution in [0.2, 0.25) is 0 Å². The second-order valence-electron chi connectivity index (χ2n) is 7.19. The lowest BCUT2D eigenvalue weighted by Gasteiger charge is -2.16. The van der Waals surface area contributed by atoms with Crippen LogP contribution in [0.4, 0.5) is 20.2 Å². The molecule has 0 fully saturated rings. The van der Waals surface area contributed by atoms with Gasteiger partial charge in [-0.25, -0.2) is 8.78 Å². The third kappa shape index (κ3) is 5.96. The molecule has 7 heteroatoms. The summed E-state index contributed by atoms with van der Waals surface area (Å²) in [4.78, 5) is 25.1. The van der Waals surface area contributed by atoms with E-state index < -0.39 is 23.6 Å². The van der Waals surface area contributed by atoms with Gasteiger partial charge in [-0.2, -0.15) is 0 Å². The monoisotopic (exact) mass is 423 g/mol. The molecular weight excluding hydrogens is 400 g/mol. The molecule has 0 bridgehead atoms. The molecule has 0 saturated carbocycles. The Morgan fingerprint density at radius 2 is 1.71 bits per heavy atom. The summed E-state index contributed by atoms with van der Waals surface area (Å²) in [6.45, 7) is 3.48. The van der Waals surface area contributed by atoms with Crippen LogP contribution in [0.1, 0.15) is 34.5 Å². The van der Waals surface area contributed by atoms with Gasteiger partial charge < -0.3 is 16.0 Å². The Morgan fingerprint density at radius 1 is 0.935 bits per heavy atom. The summed E-state index contributed by atoms with van der Waals surface area (Å²) in [6, 6.07) is 16.9. The van der Waals surface area contributed by atoms with Crippen molar-refractivity contribution in [3.63, 3.8) is 0 Å². The average Bonchev–Trinajstić information content (AvgIpc) is 2.72. The van der Waals surface area contributed by atoms with Gasteiger partial charge in [-0.1, -0.05) is 30.3 Å². The summed E-state index contributed by atoms with van der Waals surface area (Å²) in [5.41, 5.74) is 2.60. The maximum atomic E-state index is 13.9. The number of amides is 2. The molecule has 0 saturated heterocycles. The molecule has 3 rings (SSSR count). The molecule has 0 aromatic heterocycles. The number of hydrogen-bond acceptors (Lipinski definition) is 3. The van der Waals surface area contributed by atoms with Crippen LogP contribution in [0.15, 0.2) is 66.7 Å². The minimum Gasteiger partial charge on any atom is -0.324 e. The number of anilines is 2. The Labute approximate surface area is 179 Å². The van der Waals surface area contributed by atoms with Gasteiger partial charge in [0.25, 0.3) is 5.91 Å². The van der Waals surface area contributed by atoms with Crippen LogP contribution in [0.25, 0.3) is 0 Å². The molecule has 2 amide bonds. The van der Waals surface area contributed by atoms with Crippen LogP contribution in [0, 0.1) is 18.6 Å². The standard InChI is InChI=1S/C24H23F2N3O2/c1-15-6-5-7-18(12-15)28-24(31)20-8-3-4-9-22(20)29-23(30)14-27-16(2)19-11-10-17(25)13-21(19)26/h3-13,16,27H,14H2,1-2H3,(H,28,31)(H,29,30). The van der Waals surface area contributed by atoms with Crippen LogP contribution >= 0.6 is 0 Å². The van der Waals surface area contributed by atoms with Crippen molar-refractivity contribution in [1.29, 1.82) is 0 Å². The maximum absolute atomic E-state index is 13.9. The number of halogens is 2. The number of benzene rings is 3. The van der Waals surface area contributed by atoms with Gasteiger partial charge in [0.15, 0.2) is 0 Å². The number of para-hydroxylation sites is 1. The Bertz CT molecular complexity index is 1100. The van der Waals surface area contributed by atoms with Crippen molar-refractivity contribution >= 4 is 23.2 Å². The fourth-order valence-corrected chi connectivity index (χ4v) is 3.11. The molecule has 3 aromatic carbocycles. The van der Waals surface area contributed by atoms with Gasteiger partial charge in [0, 0.05) is 23.4 Å². The van der Waals surface area contributed by atoms with E-state index in [1.165, 1.54) is 12.1 Å². The lowest BCUT2D eigenvalue weighted by atomic mass is 10.1. The smallest absolute Gasteiger partial charge is 0.257 e. The van der Waals surface area contributed by atoms with Crippen molar-refractivity contribution in [1.82, 2.24) is 5.32 Å². The quantitative estimate of drug-likeness (QED) is 0.511. The summed E-state index contributed by atoms with van der Waals surface area (Å²) < 4.78 is 27.0. The van der Waals surface area contributed by atoms with E-state index in [0.717, 1.165) is 11.6 Å². The third-order valence-corrected chi connectivity index (χ3v) is 4.72. The molecule has 0 aliphatic carbocycles. The summed E-state index contributed by atoms with van der Waals surface area (Å²) in [6.07, 6.45) is 0. The van der Waals surface area contributed by atoms with E-state index in [2.05, 4.69) is 16.0 Å². The zero-order valence-corrected chi connectivity index (χ0v) is 17.2. The molecule has 3 N–H and O–H groups in total. The van der Waals surface area contributed by atoms with E-state index in [0.29, 0.717) is 16.9 Å². The normalized spacial score (nSPS) is 11.6. The van der Waals surface area contributed by atoms with Crippen molar-refractivity contribution in [2.75, 3.05) is 17.2 Å². The topological polar surface area (TPSA) is 70.2 Å². The number of hydrogen-bond donors (Lipinski definition) is 3. The van der Waals surface area contributed by atoms with E-state index in [-0.39, 0.29) is 18.0 Å². The van der Waals surface area contributed by atoms with Crippen LogP contribution in [-0.2, 0) is 4.79 Å². The number of carbonyl (C=O) groups is 2. The highest BCUT2D eigenvalue weighted by Crippen LogP contribution is 2.19. The Kier molecular flexibility index (Phi) is 7.10. The first-order chi connectivity index (χ1) is 14.8. The average molecular weight is 423 g/mol. The second-order valence-corrected chi connectivity index (χ2v) is 7.19. The van der Waals surface area contributed by atoms with Gasteiger partial charge in [0.05, 0.1) is 17.8 Å². The molecule has 31 heavy (non-hydrogen) atoms. The highest BCUT2D eigenvalue weighted by molar-refractivity contribution is 6.10. The molecule has 160 valence electrons. The van der Waals surface area contributed by atoms with Crippen LogP contribution < -0.4 is 16.0 Å². The molecule has 0 radical (unpaired) electrons. The first kappa shape index (κ1) is 22.1. The highest BCUT2D eigenvalue weighted by atomic mass is 19.1. The van der Waals surface area contributed by atoms with E-state index >= 15 is 0 Å². The molecular formula is C24H23F2N3O2. The van der Waals surface area contributed by atoms with Crippen LogP contribution in [0.5, 0.6) is 0 Å². The van der Waals surface area contributed by atoms with Crippen LogP contribution in [0.3, 0.4) is 0 Å². The molecule has 0 aliphatic heterocycles.